The Morgan fingerprint density at radius 2 is 1.71 bits per heavy atom. The Hall–Kier alpha value is -2.69. The Balaban J connectivity index is 2.11. The van der Waals surface area contributed by atoms with E-state index in [-0.39, 0.29) is 18.5 Å². The van der Waals surface area contributed by atoms with Crippen LogP contribution in [0.2, 0.25) is 0 Å². The number of amides is 3. The highest BCUT2D eigenvalue weighted by atomic mass is 79.9. The lowest BCUT2D eigenvalue weighted by Gasteiger charge is -2.24. The molecule has 2 rings (SSSR count). The van der Waals surface area contributed by atoms with Crippen LogP contribution in [0.3, 0.4) is 0 Å². The van der Waals surface area contributed by atoms with Crippen LogP contribution in [0.25, 0.3) is 0 Å². The zero-order valence-electron chi connectivity index (χ0n) is 16.7. The molecule has 2 aromatic rings. The van der Waals surface area contributed by atoms with Crippen LogP contribution in [0.4, 0.5) is 0 Å². The van der Waals surface area contributed by atoms with Crippen molar-refractivity contribution >= 4 is 45.0 Å². The van der Waals surface area contributed by atoms with Gasteiger partial charge < -0.3 is 27.2 Å². The van der Waals surface area contributed by atoms with E-state index < -0.39 is 35.9 Å². The number of nitrogens with one attached hydrogen (secondary N) is 2. The first-order valence-corrected chi connectivity index (χ1v) is 11.1. The number of primary amides is 2. The summed E-state index contributed by atoms with van der Waals surface area (Å²) in [6.45, 7) is 3.77. The van der Waals surface area contributed by atoms with Gasteiger partial charge in [0, 0.05) is 34.3 Å². The molecule has 0 radical (unpaired) electrons. The number of hydrogen-bond donors (Lipinski definition) is 5. The molecule has 1 aromatic heterocycles. The highest BCUT2D eigenvalue weighted by Crippen LogP contribution is 2.14. The monoisotopic (exact) mass is 508 g/mol. The molecule has 1 heterocycles. The van der Waals surface area contributed by atoms with Gasteiger partial charge in [0.15, 0.2) is 0 Å². The van der Waals surface area contributed by atoms with Crippen molar-refractivity contribution in [2.75, 3.05) is 0 Å². The van der Waals surface area contributed by atoms with Crippen molar-refractivity contribution < 1.29 is 19.5 Å². The van der Waals surface area contributed by atoms with E-state index in [1.165, 1.54) is 11.3 Å². The summed E-state index contributed by atoms with van der Waals surface area (Å²) in [7, 11) is 0. The molecule has 7 N–H and O–H groups in total. The number of benzene rings is 1. The number of carbonyl (C=O) groups is 3. The molecule has 10 heteroatoms. The van der Waals surface area contributed by atoms with Gasteiger partial charge in [-0.1, -0.05) is 40.7 Å². The zero-order chi connectivity index (χ0) is 23.0. The smallest absolute Gasteiger partial charge is 0.246 e. The molecule has 0 saturated heterocycles. The molecule has 3 atom stereocenters. The first-order valence-electron chi connectivity index (χ1n) is 9.44. The highest BCUT2D eigenvalue weighted by molar-refractivity contribution is 9.10. The van der Waals surface area contributed by atoms with E-state index in [0.29, 0.717) is 6.42 Å². The quantitative estimate of drug-likeness (QED) is 0.289. The van der Waals surface area contributed by atoms with Gasteiger partial charge in [0.1, 0.15) is 18.2 Å². The van der Waals surface area contributed by atoms with Crippen molar-refractivity contribution in [3.8, 4) is 0 Å². The third kappa shape index (κ3) is 8.16. The van der Waals surface area contributed by atoms with Crippen molar-refractivity contribution in [1.29, 1.82) is 0 Å². The third-order valence-corrected chi connectivity index (χ3v) is 5.89. The van der Waals surface area contributed by atoms with Crippen molar-refractivity contribution in [2.45, 2.75) is 37.5 Å². The minimum atomic E-state index is -1.42. The van der Waals surface area contributed by atoms with Gasteiger partial charge in [-0.2, -0.15) is 0 Å². The predicted molar refractivity (Wildman–Crippen MR) is 123 cm³/mol. The van der Waals surface area contributed by atoms with E-state index >= 15 is 0 Å². The van der Waals surface area contributed by atoms with Crippen molar-refractivity contribution in [1.82, 2.24) is 10.6 Å². The summed E-state index contributed by atoms with van der Waals surface area (Å²) < 4.78 is 0.896. The predicted octanol–water partition coefficient (Wildman–Crippen LogP) is 0.974. The van der Waals surface area contributed by atoms with Crippen LogP contribution < -0.4 is 22.1 Å². The zero-order valence-corrected chi connectivity index (χ0v) is 19.1. The van der Waals surface area contributed by atoms with E-state index in [4.69, 9.17) is 11.5 Å². The molecule has 8 nitrogen and oxygen atoms in total. The van der Waals surface area contributed by atoms with Gasteiger partial charge in [-0.15, -0.1) is 11.3 Å². The molecule has 0 unspecified atom stereocenters. The Morgan fingerprint density at radius 1 is 1.03 bits per heavy atom. The fourth-order valence-electron chi connectivity index (χ4n) is 2.83. The van der Waals surface area contributed by atoms with Crippen LogP contribution in [-0.2, 0) is 27.2 Å². The average Bonchev–Trinajstić information content (AvgIpc) is 3.21. The molecule has 0 aliphatic carbocycles. The standard InChI is InChI=1S/C21H25BrN4O4S/c1-12(9-18(27)20(24)29)25-17(11-15-3-2-8-31-15)21(30)26-16(19(23)28)10-13-4-6-14(22)7-5-13/h2-8,16-18,25,27H,1,9-11H2,(H2,23,28)(H2,24,29)(H,26,30)/t16-,17+,18+/m0/s1. The van der Waals surface area contributed by atoms with Crippen LogP contribution in [0.15, 0.2) is 58.5 Å². The molecule has 0 spiro atoms. The maximum Gasteiger partial charge on any atom is 0.246 e. The minimum Gasteiger partial charge on any atom is -0.383 e. The Labute approximate surface area is 192 Å². The number of nitrogens with two attached hydrogens (primary N) is 2. The molecule has 0 aliphatic rings. The minimum absolute atomic E-state index is 0.137. The van der Waals surface area contributed by atoms with Gasteiger partial charge in [0.05, 0.1) is 0 Å². The maximum absolute atomic E-state index is 13.0. The lowest BCUT2D eigenvalue weighted by molar-refractivity contribution is -0.128. The molecule has 3 amide bonds. The van der Waals surface area contributed by atoms with E-state index in [1.54, 1.807) is 0 Å². The van der Waals surface area contributed by atoms with E-state index in [9.17, 15) is 19.5 Å². The number of halogens is 1. The Bertz CT molecular complexity index is 918. The summed E-state index contributed by atoms with van der Waals surface area (Å²) in [6, 6.07) is 9.38. The van der Waals surface area contributed by atoms with Crippen LogP contribution in [-0.4, -0.2) is 41.0 Å². The molecular weight excluding hydrogens is 484 g/mol. The molecule has 1 aromatic carbocycles. The number of thiophene rings is 1. The highest BCUT2D eigenvalue weighted by Gasteiger charge is 2.26. The van der Waals surface area contributed by atoms with Gasteiger partial charge in [0.25, 0.3) is 0 Å². The van der Waals surface area contributed by atoms with Crippen molar-refractivity contribution in [3.05, 3.63) is 69.0 Å². The van der Waals surface area contributed by atoms with Gasteiger partial charge in [-0.25, -0.2) is 0 Å². The summed E-state index contributed by atoms with van der Waals surface area (Å²) in [5.74, 6) is -2.00. The first-order chi connectivity index (χ1) is 14.7. The number of aliphatic hydroxyl groups excluding tert-OH is 1. The average molecular weight is 509 g/mol. The first kappa shape index (κ1) is 24.6. The second-order valence-corrected chi connectivity index (χ2v) is 8.95. The number of rotatable bonds is 12. The number of aliphatic hydroxyl groups is 1. The maximum atomic E-state index is 13.0. The van der Waals surface area contributed by atoms with Gasteiger partial charge in [0.2, 0.25) is 17.7 Å². The molecule has 31 heavy (non-hydrogen) atoms. The second-order valence-electron chi connectivity index (χ2n) is 7.00. The molecule has 166 valence electrons. The molecule has 0 bridgehead atoms. The van der Waals surface area contributed by atoms with Gasteiger partial charge in [-0.05, 0) is 29.1 Å². The van der Waals surface area contributed by atoms with Crippen molar-refractivity contribution in [3.63, 3.8) is 0 Å². The van der Waals surface area contributed by atoms with Gasteiger partial charge in [-0.3, -0.25) is 14.4 Å². The Morgan fingerprint density at radius 3 is 2.26 bits per heavy atom. The molecular formula is C21H25BrN4O4S. The summed E-state index contributed by atoms with van der Waals surface area (Å²) in [5.41, 5.74) is 11.7. The molecule has 0 saturated carbocycles. The topological polar surface area (TPSA) is 148 Å². The lowest BCUT2D eigenvalue weighted by atomic mass is 10.0. The number of carbonyl (C=O) groups excluding carboxylic acids is 3. The fourth-order valence-corrected chi connectivity index (χ4v) is 3.85. The SMILES string of the molecule is C=C(C[C@@H](O)C(N)=O)N[C@H](Cc1cccs1)C(=O)N[C@@H](Cc1ccc(Br)cc1)C(N)=O. The molecule has 0 aliphatic heterocycles. The summed E-state index contributed by atoms with van der Waals surface area (Å²) in [6.07, 6.45) is -0.997. The van der Waals surface area contributed by atoms with E-state index in [0.717, 1.165) is 14.9 Å². The Kier molecular flexibility index (Phi) is 9.22. The van der Waals surface area contributed by atoms with Crippen LogP contribution in [0, 0.1) is 0 Å². The van der Waals surface area contributed by atoms with Crippen LogP contribution in [0.1, 0.15) is 16.9 Å². The van der Waals surface area contributed by atoms with E-state index in [1.807, 2.05) is 41.8 Å². The van der Waals surface area contributed by atoms with Crippen LogP contribution >= 0.6 is 27.3 Å². The summed E-state index contributed by atoms with van der Waals surface area (Å²) in [4.78, 5) is 37.0. The van der Waals surface area contributed by atoms with Crippen molar-refractivity contribution in [2.24, 2.45) is 11.5 Å². The summed E-state index contributed by atoms with van der Waals surface area (Å²) in [5, 5.41) is 17.2. The summed E-state index contributed by atoms with van der Waals surface area (Å²) >= 11 is 4.83. The lowest BCUT2D eigenvalue weighted by Crippen LogP contribution is -2.53. The van der Waals surface area contributed by atoms with Gasteiger partial charge >= 0.3 is 0 Å². The van der Waals surface area contributed by atoms with E-state index in [2.05, 4.69) is 33.1 Å². The second kappa shape index (κ2) is 11.6. The largest absolute Gasteiger partial charge is 0.383 e. The molecule has 0 fully saturated rings. The fraction of sp³-hybridized carbons (Fsp3) is 0.286. The third-order valence-electron chi connectivity index (χ3n) is 4.46. The van der Waals surface area contributed by atoms with Crippen LogP contribution in [0.5, 0.6) is 0 Å². The number of hydrogen-bond acceptors (Lipinski definition) is 6. The normalized spacial score (nSPS) is 13.6.